The summed E-state index contributed by atoms with van der Waals surface area (Å²) in [6, 6.07) is 0. The Morgan fingerprint density at radius 2 is 1.56 bits per heavy atom. The zero-order valence-electron chi connectivity index (χ0n) is 4.70. The van der Waals surface area contributed by atoms with Gasteiger partial charge in [0, 0.05) is 44.9 Å². The van der Waals surface area contributed by atoms with Crippen LogP contribution in [0, 0.1) is 7.05 Å². The second-order valence-electron chi connectivity index (χ2n) is 1.44. The second kappa shape index (κ2) is 3.23. The quantitative estimate of drug-likeness (QED) is 0.396. The Morgan fingerprint density at radius 1 is 1.22 bits per heavy atom. The molecule has 9 heavy (non-hydrogen) atoms. The number of carbonyl (C=O) groups excluding carboxylic acids is 2. The first-order valence-electron chi connectivity index (χ1n) is 2.08. The van der Waals surface area contributed by atoms with E-state index in [9.17, 15) is 9.59 Å². The standard InChI is InChI=1S/C5H4NO2.Y/c1-6-4(7)2-3-5(6)8;/h2-3H,1H2;/q-1;. The molecule has 0 bridgehead atoms. The van der Waals surface area contributed by atoms with Crippen LogP contribution in [-0.4, -0.2) is 16.7 Å². The molecule has 0 saturated carbocycles. The van der Waals surface area contributed by atoms with Gasteiger partial charge in [-0.15, -0.1) is 0 Å². The van der Waals surface area contributed by atoms with Crippen LogP contribution >= 0.6 is 0 Å². The van der Waals surface area contributed by atoms with Gasteiger partial charge < -0.3 is 4.90 Å². The van der Waals surface area contributed by atoms with Crippen LogP contribution in [0.1, 0.15) is 0 Å². The van der Waals surface area contributed by atoms with Crippen LogP contribution < -0.4 is 0 Å². The molecule has 45 valence electrons. The largest absolute Gasteiger partial charge is 0.431 e. The molecule has 2 amide bonds. The summed E-state index contributed by atoms with van der Waals surface area (Å²) >= 11 is 0. The van der Waals surface area contributed by atoms with Gasteiger partial charge in [0.25, 0.3) is 0 Å². The first kappa shape index (κ1) is 8.98. The fraction of sp³-hybridized carbons (Fsp3) is 0. The van der Waals surface area contributed by atoms with Gasteiger partial charge in [0.15, 0.2) is 0 Å². The van der Waals surface area contributed by atoms with E-state index in [0.717, 1.165) is 4.90 Å². The fourth-order valence-electron chi connectivity index (χ4n) is 0.431. The topological polar surface area (TPSA) is 37.4 Å². The number of imide groups is 1. The Kier molecular flexibility index (Phi) is 3.22. The third kappa shape index (κ3) is 1.70. The molecule has 0 atom stereocenters. The number of rotatable bonds is 0. The molecule has 0 aromatic carbocycles. The molecule has 3 nitrogen and oxygen atoms in total. The first-order valence-corrected chi connectivity index (χ1v) is 2.08. The predicted molar refractivity (Wildman–Crippen MR) is 26.3 cm³/mol. The molecule has 0 fully saturated rings. The van der Waals surface area contributed by atoms with E-state index in [-0.39, 0.29) is 44.5 Å². The maximum Gasteiger partial charge on any atom is 0.223 e. The van der Waals surface area contributed by atoms with Gasteiger partial charge in [0.2, 0.25) is 11.8 Å². The van der Waals surface area contributed by atoms with Gasteiger partial charge >= 0.3 is 0 Å². The predicted octanol–water partition coefficient (Wildman–Crippen LogP) is -0.300. The summed E-state index contributed by atoms with van der Waals surface area (Å²) < 4.78 is 0. The summed E-state index contributed by atoms with van der Waals surface area (Å²) in [6.45, 7) is 0. The fourth-order valence-corrected chi connectivity index (χ4v) is 0.431. The molecule has 0 N–H and O–H groups in total. The molecule has 1 heterocycles. The number of hydrogen-bond donors (Lipinski definition) is 0. The van der Waals surface area contributed by atoms with Crippen molar-refractivity contribution < 1.29 is 42.3 Å². The van der Waals surface area contributed by atoms with Gasteiger partial charge in [-0.2, -0.15) is 0 Å². The molecule has 0 unspecified atom stereocenters. The van der Waals surface area contributed by atoms with Crippen LogP contribution in [-0.2, 0) is 42.3 Å². The Balaban J connectivity index is 0.000000640. The number of hydrogen-bond acceptors (Lipinski definition) is 2. The van der Waals surface area contributed by atoms with E-state index in [2.05, 4.69) is 7.05 Å². The van der Waals surface area contributed by atoms with E-state index < -0.39 is 0 Å². The van der Waals surface area contributed by atoms with Crippen molar-refractivity contribution in [1.29, 1.82) is 0 Å². The number of carbonyl (C=O) groups is 2. The van der Waals surface area contributed by atoms with E-state index in [0.29, 0.717) is 0 Å². The Hall–Kier alpha value is -0.0161. The molecule has 1 aliphatic heterocycles. The average molecular weight is 199 g/mol. The molecule has 0 aromatic heterocycles. The third-order valence-corrected chi connectivity index (χ3v) is 0.901. The van der Waals surface area contributed by atoms with Crippen LogP contribution in [0.25, 0.3) is 0 Å². The van der Waals surface area contributed by atoms with Gasteiger partial charge in [-0.05, 0) is 0 Å². The minimum atomic E-state index is -0.352. The monoisotopic (exact) mass is 199 g/mol. The van der Waals surface area contributed by atoms with Crippen LogP contribution in [0.2, 0.25) is 0 Å². The van der Waals surface area contributed by atoms with Gasteiger partial charge in [0.05, 0.1) is 0 Å². The van der Waals surface area contributed by atoms with E-state index >= 15 is 0 Å². The van der Waals surface area contributed by atoms with Crippen LogP contribution in [0.5, 0.6) is 0 Å². The van der Waals surface area contributed by atoms with Crippen molar-refractivity contribution >= 4 is 11.8 Å². The van der Waals surface area contributed by atoms with Gasteiger partial charge in [0.1, 0.15) is 0 Å². The molecule has 1 aliphatic rings. The molecule has 4 heteroatoms. The van der Waals surface area contributed by atoms with Crippen molar-refractivity contribution in [2.24, 2.45) is 0 Å². The molecule has 1 rings (SSSR count). The zero-order chi connectivity index (χ0) is 6.15. The molecule has 1 radical (unpaired) electrons. The summed E-state index contributed by atoms with van der Waals surface area (Å²) in [5.41, 5.74) is 0. The smallest absolute Gasteiger partial charge is 0.223 e. The number of nitrogens with zero attached hydrogens (tertiary/aromatic N) is 1. The van der Waals surface area contributed by atoms with Crippen molar-refractivity contribution in [3.63, 3.8) is 0 Å². The maximum absolute atomic E-state index is 10.3. The third-order valence-electron chi connectivity index (χ3n) is 0.901. The summed E-state index contributed by atoms with van der Waals surface area (Å²) in [5, 5.41) is 0. The SMILES string of the molecule is [CH2-]N1C(=O)C=CC1=O.[Y]. The molecule has 0 saturated heterocycles. The van der Waals surface area contributed by atoms with E-state index in [1.807, 2.05) is 0 Å². The van der Waals surface area contributed by atoms with Gasteiger partial charge in [-0.25, -0.2) is 7.05 Å². The van der Waals surface area contributed by atoms with Gasteiger partial charge in [-0.3, -0.25) is 9.59 Å². The van der Waals surface area contributed by atoms with E-state index in [4.69, 9.17) is 0 Å². The molecular weight excluding hydrogens is 195 g/mol. The molecule has 0 aliphatic carbocycles. The van der Waals surface area contributed by atoms with Crippen molar-refractivity contribution in [3.05, 3.63) is 19.2 Å². The minimum Gasteiger partial charge on any atom is -0.431 e. The second-order valence-corrected chi connectivity index (χ2v) is 1.44. The van der Waals surface area contributed by atoms with E-state index in [1.54, 1.807) is 0 Å². The average Bonchev–Trinajstić information content (AvgIpc) is 1.98. The van der Waals surface area contributed by atoms with E-state index in [1.165, 1.54) is 12.2 Å². The summed E-state index contributed by atoms with van der Waals surface area (Å²) in [4.78, 5) is 21.5. The van der Waals surface area contributed by atoms with Crippen molar-refractivity contribution in [2.75, 3.05) is 0 Å². The minimum absolute atomic E-state index is 0. The van der Waals surface area contributed by atoms with Crippen LogP contribution in [0.3, 0.4) is 0 Å². The van der Waals surface area contributed by atoms with Crippen LogP contribution in [0.15, 0.2) is 12.2 Å². The van der Waals surface area contributed by atoms with Crippen molar-refractivity contribution in [3.8, 4) is 0 Å². The van der Waals surface area contributed by atoms with Crippen molar-refractivity contribution in [1.82, 2.24) is 4.90 Å². The van der Waals surface area contributed by atoms with Crippen LogP contribution in [0.4, 0.5) is 0 Å². The number of amides is 2. The normalized spacial score (nSPS) is 16.3. The summed E-state index contributed by atoms with van der Waals surface area (Å²) in [5.74, 6) is -0.704. The molecule has 0 aromatic rings. The molecule has 0 spiro atoms. The Morgan fingerprint density at radius 3 is 1.67 bits per heavy atom. The van der Waals surface area contributed by atoms with Crippen molar-refractivity contribution in [2.45, 2.75) is 0 Å². The first-order chi connectivity index (χ1) is 3.72. The summed E-state index contributed by atoms with van der Waals surface area (Å²) in [6.07, 6.45) is 2.38. The van der Waals surface area contributed by atoms with Gasteiger partial charge in [-0.1, -0.05) is 0 Å². The Labute approximate surface area is 78.0 Å². The molecular formula is C5H4NO2Y-. The zero-order valence-corrected chi connectivity index (χ0v) is 7.54. The maximum atomic E-state index is 10.3. The Bertz CT molecular complexity index is 158. The summed E-state index contributed by atoms with van der Waals surface area (Å²) in [7, 11) is 3.17.